The van der Waals surface area contributed by atoms with Crippen molar-refractivity contribution < 1.29 is 4.74 Å². The highest BCUT2D eigenvalue weighted by Crippen LogP contribution is 2.57. The van der Waals surface area contributed by atoms with Gasteiger partial charge in [-0.25, -0.2) is 0 Å². The lowest BCUT2D eigenvalue weighted by Gasteiger charge is -2.35. The summed E-state index contributed by atoms with van der Waals surface area (Å²) in [5.74, 6) is 0.0729. The third-order valence-electron chi connectivity index (χ3n) is 3.51. The molecule has 0 spiro atoms. The standard InChI is InChI=1S/C10H15NO/c1-9(2)5-4-8-10(3,12-8)7(9)6-11/h7-8H,4-5H2,1-3H3/t7-,8-,10+/m0/s1. The summed E-state index contributed by atoms with van der Waals surface area (Å²) >= 11 is 0. The molecule has 2 aliphatic rings. The quantitative estimate of drug-likeness (QED) is 0.515. The summed E-state index contributed by atoms with van der Waals surface area (Å²) in [6.07, 6.45) is 2.61. The molecule has 2 nitrogen and oxygen atoms in total. The average Bonchev–Trinajstić information content (AvgIpc) is 2.59. The zero-order chi connectivity index (χ0) is 8.98. The third-order valence-corrected chi connectivity index (χ3v) is 3.51. The Morgan fingerprint density at radius 1 is 1.42 bits per heavy atom. The van der Waals surface area contributed by atoms with Crippen LogP contribution in [0.2, 0.25) is 0 Å². The molecule has 3 atom stereocenters. The molecule has 0 amide bonds. The molecule has 2 heteroatoms. The fourth-order valence-electron chi connectivity index (χ4n) is 2.60. The lowest BCUT2D eigenvalue weighted by Crippen LogP contribution is -2.39. The molecule has 0 N–H and O–H groups in total. The van der Waals surface area contributed by atoms with Gasteiger partial charge in [-0.1, -0.05) is 13.8 Å². The van der Waals surface area contributed by atoms with Gasteiger partial charge < -0.3 is 4.74 Å². The van der Waals surface area contributed by atoms with Crippen LogP contribution in [0.15, 0.2) is 0 Å². The van der Waals surface area contributed by atoms with Gasteiger partial charge in [0.2, 0.25) is 0 Å². The number of hydrogen-bond acceptors (Lipinski definition) is 2. The predicted octanol–water partition coefficient (Wildman–Crippen LogP) is 2.10. The van der Waals surface area contributed by atoms with Crippen LogP contribution in [0.3, 0.4) is 0 Å². The SMILES string of the molecule is CC1(C)CC[C@@H]2O[C@]2(C)[C@H]1C#N. The topological polar surface area (TPSA) is 36.3 Å². The zero-order valence-electron chi connectivity index (χ0n) is 7.92. The molecule has 0 bridgehead atoms. The molecule has 1 saturated carbocycles. The zero-order valence-corrected chi connectivity index (χ0v) is 7.92. The van der Waals surface area contributed by atoms with Crippen molar-refractivity contribution in [3.05, 3.63) is 0 Å². The fourth-order valence-corrected chi connectivity index (χ4v) is 2.60. The van der Waals surface area contributed by atoms with Crippen LogP contribution in [0.5, 0.6) is 0 Å². The molecule has 2 fully saturated rings. The minimum atomic E-state index is -0.115. The minimum Gasteiger partial charge on any atom is -0.365 e. The number of rotatable bonds is 0. The first-order chi connectivity index (χ1) is 5.50. The highest BCUT2D eigenvalue weighted by atomic mass is 16.6. The van der Waals surface area contributed by atoms with E-state index in [0.717, 1.165) is 12.8 Å². The van der Waals surface area contributed by atoms with Gasteiger partial charge in [0, 0.05) is 0 Å². The van der Waals surface area contributed by atoms with Crippen molar-refractivity contribution in [2.75, 3.05) is 0 Å². The Balaban J connectivity index is 2.29. The Bertz CT molecular complexity index is 248. The van der Waals surface area contributed by atoms with Gasteiger partial charge >= 0.3 is 0 Å². The number of epoxide rings is 1. The Morgan fingerprint density at radius 2 is 2.08 bits per heavy atom. The molecule has 1 aliphatic carbocycles. The summed E-state index contributed by atoms with van der Waals surface area (Å²) in [5, 5.41) is 9.06. The van der Waals surface area contributed by atoms with Crippen molar-refractivity contribution in [3.63, 3.8) is 0 Å². The second-order valence-electron chi connectivity index (χ2n) is 4.88. The summed E-state index contributed by atoms with van der Waals surface area (Å²) < 4.78 is 5.58. The van der Waals surface area contributed by atoms with E-state index in [4.69, 9.17) is 10.00 Å². The van der Waals surface area contributed by atoms with Crippen molar-refractivity contribution >= 4 is 0 Å². The van der Waals surface area contributed by atoms with Crippen LogP contribution >= 0.6 is 0 Å². The van der Waals surface area contributed by atoms with E-state index in [0.29, 0.717) is 6.10 Å². The maximum atomic E-state index is 9.06. The van der Waals surface area contributed by atoms with E-state index in [2.05, 4.69) is 26.8 Å². The van der Waals surface area contributed by atoms with Crippen molar-refractivity contribution in [1.82, 2.24) is 0 Å². The Hall–Kier alpha value is -0.550. The smallest absolute Gasteiger partial charge is 0.108 e. The van der Waals surface area contributed by atoms with Crippen molar-refractivity contribution in [1.29, 1.82) is 5.26 Å². The number of ether oxygens (including phenoxy) is 1. The van der Waals surface area contributed by atoms with Crippen molar-refractivity contribution in [2.45, 2.75) is 45.3 Å². The van der Waals surface area contributed by atoms with E-state index < -0.39 is 0 Å². The highest BCUT2D eigenvalue weighted by Gasteiger charge is 2.64. The molecular weight excluding hydrogens is 150 g/mol. The summed E-state index contributed by atoms with van der Waals surface area (Å²) in [6.45, 7) is 6.42. The number of fused-ring (bicyclic) bond motifs is 1. The summed E-state index contributed by atoms with van der Waals surface area (Å²) in [6, 6.07) is 2.40. The molecule has 0 aromatic heterocycles. The van der Waals surface area contributed by atoms with Gasteiger partial charge in [0.15, 0.2) is 0 Å². The van der Waals surface area contributed by atoms with Crippen LogP contribution in [-0.4, -0.2) is 11.7 Å². The van der Waals surface area contributed by atoms with Gasteiger partial charge in [-0.2, -0.15) is 5.26 Å². The second kappa shape index (κ2) is 2.03. The molecule has 0 unspecified atom stereocenters. The van der Waals surface area contributed by atoms with Gasteiger partial charge in [0.1, 0.15) is 5.60 Å². The van der Waals surface area contributed by atoms with E-state index in [9.17, 15) is 0 Å². The van der Waals surface area contributed by atoms with E-state index in [1.165, 1.54) is 0 Å². The van der Waals surface area contributed by atoms with E-state index in [1.54, 1.807) is 0 Å². The Labute approximate surface area is 73.5 Å². The summed E-state index contributed by atoms with van der Waals surface area (Å²) in [5.41, 5.74) is 0.0208. The number of hydrogen-bond donors (Lipinski definition) is 0. The molecule has 2 rings (SSSR count). The average molecular weight is 165 g/mol. The van der Waals surface area contributed by atoms with Crippen LogP contribution in [0.1, 0.15) is 33.6 Å². The van der Waals surface area contributed by atoms with Crippen molar-refractivity contribution in [3.8, 4) is 6.07 Å². The van der Waals surface area contributed by atoms with Gasteiger partial charge in [0.25, 0.3) is 0 Å². The normalized spacial score (nSPS) is 49.2. The van der Waals surface area contributed by atoms with Gasteiger partial charge in [-0.3, -0.25) is 0 Å². The molecule has 0 aromatic rings. The number of nitrogens with zero attached hydrogens (tertiary/aromatic N) is 1. The van der Waals surface area contributed by atoms with Gasteiger partial charge in [0.05, 0.1) is 18.1 Å². The molecule has 0 radical (unpaired) electrons. The van der Waals surface area contributed by atoms with Crippen LogP contribution < -0.4 is 0 Å². The molecule has 12 heavy (non-hydrogen) atoms. The monoisotopic (exact) mass is 165 g/mol. The minimum absolute atomic E-state index is 0.0729. The summed E-state index contributed by atoms with van der Waals surface area (Å²) in [4.78, 5) is 0. The molecule has 66 valence electrons. The first-order valence-corrected chi connectivity index (χ1v) is 4.58. The van der Waals surface area contributed by atoms with Crippen LogP contribution in [0.4, 0.5) is 0 Å². The molecule has 1 saturated heterocycles. The van der Waals surface area contributed by atoms with E-state index in [1.807, 2.05) is 0 Å². The predicted molar refractivity (Wildman–Crippen MR) is 45.4 cm³/mol. The van der Waals surface area contributed by atoms with Crippen LogP contribution in [0, 0.1) is 22.7 Å². The van der Waals surface area contributed by atoms with Gasteiger partial charge in [-0.05, 0) is 25.2 Å². The highest BCUT2D eigenvalue weighted by molar-refractivity contribution is 5.18. The second-order valence-corrected chi connectivity index (χ2v) is 4.88. The lowest BCUT2D eigenvalue weighted by atomic mass is 9.65. The molecular formula is C10H15NO. The lowest BCUT2D eigenvalue weighted by molar-refractivity contribution is 0.142. The molecule has 1 aliphatic heterocycles. The summed E-state index contributed by atoms with van der Waals surface area (Å²) in [7, 11) is 0. The Kier molecular flexibility index (Phi) is 1.36. The van der Waals surface area contributed by atoms with Gasteiger partial charge in [-0.15, -0.1) is 0 Å². The first kappa shape index (κ1) is 8.07. The Morgan fingerprint density at radius 3 is 2.58 bits per heavy atom. The first-order valence-electron chi connectivity index (χ1n) is 4.58. The van der Waals surface area contributed by atoms with Crippen LogP contribution in [-0.2, 0) is 4.74 Å². The fraction of sp³-hybridized carbons (Fsp3) is 0.900. The van der Waals surface area contributed by atoms with Crippen molar-refractivity contribution in [2.24, 2.45) is 11.3 Å². The third kappa shape index (κ3) is 0.834. The maximum absolute atomic E-state index is 9.06. The van der Waals surface area contributed by atoms with Crippen LogP contribution in [0.25, 0.3) is 0 Å². The maximum Gasteiger partial charge on any atom is 0.108 e. The van der Waals surface area contributed by atoms with E-state index >= 15 is 0 Å². The largest absolute Gasteiger partial charge is 0.365 e. The van der Waals surface area contributed by atoms with E-state index in [-0.39, 0.29) is 16.9 Å². The molecule has 0 aromatic carbocycles. The molecule has 1 heterocycles. The number of nitriles is 1.